The quantitative estimate of drug-likeness (QED) is 0.181. The summed E-state index contributed by atoms with van der Waals surface area (Å²) in [5.41, 5.74) is 1.35. The van der Waals surface area contributed by atoms with Crippen LogP contribution in [0.3, 0.4) is 0 Å². The minimum atomic E-state index is -0.563. The van der Waals surface area contributed by atoms with Gasteiger partial charge in [0.15, 0.2) is 11.5 Å². The molecule has 3 aromatic carbocycles. The average molecular weight is 545 g/mol. The predicted octanol–water partition coefficient (Wildman–Crippen LogP) is 7.54. The van der Waals surface area contributed by atoms with Crippen LogP contribution in [0.15, 0.2) is 114 Å². The van der Waals surface area contributed by atoms with Crippen LogP contribution in [0.1, 0.15) is 38.5 Å². The maximum atomic E-state index is 13.3. The molecule has 0 atom stereocenters. The third-order valence-corrected chi connectivity index (χ3v) is 7.19. The van der Waals surface area contributed by atoms with Crippen LogP contribution >= 0.6 is 0 Å². The summed E-state index contributed by atoms with van der Waals surface area (Å²) in [5, 5.41) is 2.52. The van der Waals surface area contributed by atoms with Crippen LogP contribution in [-0.4, -0.2) is 17.9 Å². The highest BCUT2D eigenvalue weighted by Crippen LogP contribution is 2.44. The first kappa shape index (κ1) is 26.3. The topological polar surface area (TPSA) is 78.9 Å². The van der Waals surface area contributed by atoms with E-state index in [0.29, 0.717) is 33.2 Å². The maximum absolute atomic E-state index is 13.3. The normalized spacial score (nSPS) is 16.1. The molecule has 0 fully saturated rings. The molecule has 6 rings (SSSR count). The summed E-state index contributed by atoms with van der Waals surface area (Å²) >= 11 is 0. The molecule has 6 nitrogen and oxygen atoms in total. The van der Waals surface area contributed by atoms with Gasteiger partial charge in [0, 0.05) is 16.2 Å². The molecule has 0 unspecified atom stereocenters. The molecule has 204 valence electrons. The second-order valence-corrected chi connectivity index (χ2v) is 10.0. The van der Waals surface area contributed by atoms with Gasteiger partial charge in [0.25, 0.3) is 0 Å². The van der Waals surface area contributed by atoms with Crippen molar-refractivity contribution >= 4 is 39.5 Å². The Balaban J connectivity index is 1.49. The molecule has 0 aliphatic heterocycles. The smallest absolute Gasteiger partial charge is 0.343 e. The fraction of sp³-hybridized carbons (Fsp3) is 0.171. The summed E-state index contributed by atoms with van der Waals surface area (Å²) in [6, 6.07) is 12.7. The Morgan fingerprint density at radius 3 is 1.61 bits per heavy atom. The summed E-state index contributed by atoms with van der Waals surface area (Å²) < 4.78 is 17.8. The zero-order chi connectivity index (χ0) is 28.2. The van der Waals surface area contributed by atoms with Gasteiger partial charge in [-0.15, -0.1) is 0 Å². The monoisotopic (exact) mass is 544 g/mol. The van der Waals surface area contributed by atoms with E-state index in [2.05, 4.69) is 0 Å². The van der Waals surface area contributed by atoms with E-state index in [1.165, 1.54) is 0 Å². The Kier molecular flexibility index (Phi) is 7.46. The van der Waals surface area contributed by atoms with E-state index in [1.54, 1.807) is 30.4 Å². The standard InChI is InChI=1S/C35H28O6/c36-33(23-12-4-1-5-13-23)39-30-21-20-28-29(32(30)41-35(38)25-16-8-3-9-17-25)22-26-18-10-11-19-27(26)31(28)40-34(37)24-14-6-2-7-15-24/h4,6,8,10-22H,1-3,5,7,9H2. The number of esters is 3. The fourth-order valence-corrected chi connectivity index (χ4v) is 5.10. The Hall–Kier alpha value is -4.97. The van der Waals surface area contributed by atoms with E-state index < -0.39 is 17.9 Å². The molecule has 0 bridgehead atoms. The summed E-state index contributed by atoms with van der Waals surface area (Å²) in [4.78, 5) is 39.5. The van der Waals surface area contributed by atoms with Gasteiger partial charge in [-0.25, -0.2) is 14.4 Å². The lowest BCUT2D eigenvalue weighted by Crippen LogP contribution is -2.15. The van der Waals surface area contributed by atoms with Crippen molar-refractivity contribution < 1.29 is 28.6 Å². The van der Waals surface area contributed by atoms with Crippen molar-refractivity contribution in [3.05, 3.63) is 114 Å². The maximum Gasteiger partial charge on any atom is 0.343 e. The molecule has 0 spiro atoms. The lowest BCUT2D eigenvalue weighted by molar-refractivity contribution is -0.132. The SMILES string of the molecule is O=C(Oc1ccc2c(OC(=O)C3=CCCC=C3)c3ccccc3cc2c1OC(=O)C1=CCCC=C1)C1=CCCC=C1. The number of ether oxygens (including phenoxy) is 3. The molecule has 0 saturated carbocycles. The van der Waals surface area contributed by atoms with Crippen molar-refractivity contribution in [1.82, 2.24) is 0 Å². The Morgan fingerprint density at radius 2 is 1.05 bits per heavy atom. The molecular weight excluding hydrogens is 516 g/mol. The number of allylic oxidation sites excluding steroid dienone is 6. The van der Waals surface area contributed by atoms with Crippen LogP contribution in [0, 0.1) is 0 Å². The Morgan fingerprint density at radius 1 is 0.512 bits per heavy atom. The number of benzene rings is 3. The van der Waals surface area contributed by atoms with Gasteiger partial charge in [0.1, 0.15) is 5.75 Å². The van der Waals surface area contributed by atoms with Crippen LogP contribution in [0.25, 0.3) is 21.5 Å². The zero-order valence-electron chi connectivity index (χ0n) is 22.4. The molecule has 0 N–H and O–H groups in total. The lowest BCUT2D eigenvalue weighted by atomic mass is 10.0. The van der Waals surface area contributed by atoms with Gasteiger partial charge in [-0.2, -0.15) is 0 Å². The van der Waals surface area contributed by atoms with E-state index in [4.69, 9.17) is 14.2 Å². The number of carbonyl (C=O) groups excluding carboxylic acids is 3. The first-order chi connectivity index (χ1) is 20.1. The Labute approximate surface area is 237 Å². The van der Waals surface area contributed by atoms with Gasteiger partial charge >= 0.3 is 17.9 Å². The fourth-order valence-electron chi connectivity index (χ4n) is 5.10. The second-order valence-electron chi connectivity index (χ2n) is 10.0. The molecule has 41 heavy (non-hydrogen) atoms. The van der Waals surface area contributed by atoms with Crippen molar-refractivity contribution in [2.75, 3.05) is 0 Å². The first-order valence-electron chi connectivity index (χ1n) is 13.8. The van der Waals surface area contributed by atoms with Crippen LogP contribution in [0.4, 0.5) is 0 Å². The van der Waals surface area contributed by atoms with Crippen molar-refractivity contribution in [3.8, 4) is 17.2 Å². The molecule has 0 aromatic heterocycles. The minimum absolute atomic E-state index is 0.0842. The van der Waals surface area contributed by atoms with Crippen LogP contribution in [-0.2, 0) is 14.4 Å². The molecule has 3 aromatic rings. The van der Waals surface area contributed by atoms with Gasteiger partial charge < -0.3 is 14.2 Å². The zero-order valence-corrected chi connectivity index (χ0v) is 22.4. The van der Waals surface area contributed by atoms with Gasteiger partial charge in [-0.1, -0.05) is 78.9 Å². The average Bonchev–Trinajstić information content (AvgIpc) is 3.03. The van der Waals surface area contributed by atoms with Crippen LogP contribution < -0.4 is 14.2 Å². The van der Waals surface area contributed by atoms with E-state index in [1.807, 2.05) is 66.8 Å². The summed E-state index contributed by atoms with van der Waals surface area (Å²) in [6.07, 6.45) is 21.4. The van der Waals surface area contributed by atoms with Gasteiger partial charge in [-0.3, -0.25) is 0 Å². The molecule has 6 heteroatoms. The molecule has 3 aliphatic carbocycles. The molecule has 3 aliphatic rings. The largest absolute Gasteiger partial charge is 0.422 e. The number of hydrogen-bond acceptors (Lipinski definition) is 6. The predicted molar refractivity (Wildman–Crippen MR) is 158 cm³/mol. The van der Waals surface area contributed by atoms with Crippen LogP contribution in [0.5, 0.6) is 17.2 Å². The molecule has 0 radical (unpaired) electrons. The summed E-state index contributed by atoms with van der Waals surface area (Å²) in [7, 11) is 0. The van der Waals surface area contributed by atoms with Crippen LogP contribution in [0.2, 0.25) is 0 Å². The molecule has 0 saturated heterocycles. The highest BCUT2D eigenvalue weighted by atomic mass is 16.6. The molecule has 0 amide bonds. The number of carbonyl (C=O) groups is 3. The number of fused-ring (bicyclic) bond motifs is 2. The molecule has 0 heterocycles. The second kappa shape index (κ2) is 11.6. The van der Waals surface area contributed by atoms with Crippen molar-refractivity contribution in [2.45, 2.75) is 38.5 Å². The van der Waals surface area contributed by atoms with E-state index >= 15 is 0 Å². The van der Waals surface area contributed by atoms with E-state index in [9.17, 15) is 14.4 Å². The summed E-state index contributed by atoms with van der Waals surface area (Å²) in [6.45, 7) is 0. The third kappa shape index (κ3) is 5.54. The lowest BCUT2D eigenvalue weighted by Gasteiger charge is -2.18. The third-order valence-electron chi connectivity index (χ3n) is 7.19. The van der Waals surface area contributed by atoms with Crippen molar-refractivity contribution in [1.29, 1.82) is 0 Å². The van der Waals surface area contributed by atoms with Crippen molar-refractivity contribution in [3.63, 3.8) is 0 Å². The minimum Gasteiger partial charge on any atom is -0.422 e. The Bertz CT molecular complexity index is 1760. The number of rotatable bonds is 6. The molecular formula is C35H28O6. The van der Waals surface area contributed by atoms with Gasteiger partial charge in [0.05, 0.1) is 16.7 Å². The highest BCUT2D eigenvalue weighted by Gasteiger charge is 2.24. The first-order valence-corrected chi connectivity index (χ1v) is 13.8. The van der Waals surface area contributed by atoms with Gasteiger partial charge in [-0.05, 0) is 62.1 Å². The van der Waals surface area contributed by atoms with E-state index in [0.717, 1.165) is 49.3 Å². The number of hydrogen-bond donors (Lipinski definition) is 0. The van der Waals surface area contributed by atoms with Gasteiger partial charge in [0.2, 0.25) is 0 Å². The van der Waals surface area contributed by atoms with Crippen molar-refractivity contribution in [2.24, 2.45) is 0 Å². The summed E-state index contributed by atoms with van der Waals surface area (Å²) in [5.74, 6) is -1.05. The highest BCUT2D eigenvalue weighted by molar-refractivity contribution is 6.11. The van der Waals surface area contributed by atoms with E-state index in [-0.39, 0.29) is 11.5 Å².